The summed E-state index contributed by atoms with van der Waals surface area (Å²) < 4.78 is 0.471. The predicted octanol–water partition coefficient (Wildman–Crippen LogP) is 2.30. The number of hydrogen-bond donors (Lipinski definition) is 2. The summed E-state index contributed by atoms with van der Waals surface area (Å²) in [5, 5.41) is 9.29. The summed E-state index contributed by atoms with van der Waals surface area (Å²) in [6, 6.07) is 8.23. The molecule has 0 saturated carbocycles. The van der Waals surface area contributed by atoms with E-state index in [0.717, 1.165) is 0 Å². The van der Waals surface area contributed by atoms with Crippen LogP contribution in [0, 0.1) is 0 Å². The van der Waals surface area contributed by atoms with E-state index < -0.39 is 0 Å². The lowest BCUT2D eigenvalue weighted by Crippen LogP contribution is -2.23. The van der Waals surface area contributed by atoms with Crippen molar-refractivity contribution in [2.24, 2.45) is 0 Å². The van der Waals surface area contributed by atoms with E-state index in [1.54, 1.807) is 30.3 Å². The van der Waals surface area contributed by atoms with E-state index in [0.29, 0.717) is 21.2 Å². The van der Waals surface area contributed by atoms with Crippen molar-refractivity contribution in [3.63, 3.8) is 0 Å². The van der Waals surface area contributed by atoms with Crippen LogP contribution in [0.2, 0.25) is 0 Å². The first-order chi connectivity index (χ1) is 9.56. The molecule has 0 heterocycles. The number of fused-ring (bicyclic) bond motifs is 2. The normalized spacial score (nSPS) is 13.1. The third-order valence-corrected chi connectivity index (χ3v) is 4.07. The number of nitrogen functional groups attached to an aromatic ring is 1. The molecule has 0 saturated heterocycles. The van der Waals surface area contributed by atoms with Crippen LogP contribution in [0.3, 0.4) is 0 Å². The summed E-state index contributed by atoms with van der Waals surface area (Å²) in [6.07, 6.45) is 0. The second kappa shape index (κ2) is 4.54. The number of aliphatic hydroxyl groups is 1. The molecule has 1 aliphatic rings. The largest absolute Gasteiger partial charge is 0.398 e. The highest BCUT2D eigenvalue weighted by atomic mass is 79.9. The third-order valence-electron chi connectivity index (χ3n) is 3.45. The standard InChI is InChI=1S/C15H10BrNO3/c16-10-5-7(6-18)13(17)12-11(10)14(19)8-3-1-2-4-9(8)15(12)20/h1-5,18H,6,17H2. The highest BCUT2D eigenvalue weighted by molar-refractivity contribution is 9.10. The van der Waals surface area contributed by atoms with Crippen LogP contribution in [-0.4, -0.2) is 16.7 Å². The van der Waals surface area contributed by atoms with Gasteiger partial charge in [-0.2, -0.15) is 0 Å². The van der Waals surface area contributed by atoms with Crippen molar-refractivity contribution in [2.45, 2.75) is 6.61 Å². The van der Waals surface area contributed by atoms with Crippen molar-refractivity contribution in [1.29, 1.82) is 0 Å². The molecule has 0 amide bonds. The van der Waals surface area contributed by atoms with Gasteiger partial charge < -0.3 is 10.8 Å². The predicted molar refractivity (Wildman–Crippen MR) is 77.8 cm³/mol. The molecule has 0 aliphatic heterocycles. The van der Waals surface area contributed by atoms with Crippen molar-refractivity contribution in [1.82, 2.24) is 0 Å². The molecule has 0 aromatic heterocycles. The Hall–Kier alpha value is -1.98. The molecule has 5 heteroatoms. The number of halogens is 1. The fourth-order valence-electron chi connectivity index (χ4n) is 2.45. The summed E-state index contributed by atoms with van der Waals surface area (Å²) in [4.78, 5) is 25.1. The van der Waals surface area contributed by atoms with Crippen molar-refractivity contribution >= 4 is 33.2 Å². The maximum absolute atomic E-state index is 12.6. The Morgan fingerprint density at radius 2 is 1.60 bits per heavy atom. The average molecular weight is 332 g/mol. The minimum Gasteiger partial charge on any atom is -0.398 e. The Labute approximate surface area is 123 Å². The zero-order chi connectivity index (χ0) is 14.4. The van der Waals surface area contributed by atoms with Crippen LogP contribution in [0.5, 0.6) is 0 Å². The van der Waals surface area contributed by atoms with Gasteiger partial charge in [0.05, 0.1) is 17.7 Å². The molecule has 4 nitrogen and oxygen atoms in total. The first-order valence-electron chi connectivity index (χ1n) is 5.96. The molecule has 0 spiro atoms. The van der Waals surface area contributed by atoms with Crippen LogP contribution >= 0.6 is 15.9 Å². The van der Waals surface area contributed by atoms with Crippen molar-refractivity contribution in [3.8, 4) is 0 Å². The molecule has 0 fully saturated rings. The number of hydrogen-bond acceptors (Lipinski definition) is 4. The number of nitrogens with two attached hydrogens (primary N) is 1. The smallest absolute Gasteiger partial charge is 0.196 e. The first kappa shape index (κ1) is 13.0. The molecule has 2 aromatic carbocycles. The fraction of sp³-hybridized carbons (Fsp3) is 0.0667. The lowest BCUT2D eigenvalue weighted by Gasteiger charge is -2.21. The molecule has 2 aromatic rings. The zero-order valence-electron chi connectivity index (χ0n) is 10.3. The Bertz CT molecular complexity index is 768. The molecular formula is C15H10BrNO3. The van der Waals surface area contributed by atoms with Crippen LogP contribution in [0.4, 0.5) is 5.69 Å². The van der Waals surface area contributed by atoms with Crippen molar-refractivity contribution in [3.05, 3.63) is 62.6 Å². The van der Waals surface area contributed by atoms with E-state index >= 15 is 0 Å². The molecule has 0 atom stereocenters. The Morgan fingerprint density at radius 1 is 1.05 bits per heavy atom. The van der Waals surface area contributed by atoms with E-state index in [2.05, 4.69) is 15.9 Å². The number of carbonyl (C=O) groups is 2. The molecular weight excluding hydrogens is 322 g/mol. The first-order valence-corrected chi connectivity index (χ1v) is 6.75. The summed E-state index contributed by atoms with van der Waals surface area (Å²) in [7, 11) is 0. The average Bonchev–Trinajstić information content (AvgIpc) is 2.46. The number of aliphatic hydroxyl groups excluding tert-OH is 1. The van der Waals surface area contributed by atoms with E-state index in [4.69, 9.17) is 5.73 Å². The van der Waals surface area contributed by atoms with Gasteiger partial charge >= 0.3 is 0 Å². The molecule has 100 valence electrons. The van der Waals surface area contributed by atoms with Crippen LogP contribution in [0.15, 0.2) is 34.8 Å². The summed E-state index contributed by atoms with van der Waals surface area (Å²) >= 11 is 3.29. The van der Waals surface area contributed by atoms with Gasteiger partial charge in [0, 0.05) is 26.9 Å². The topological polar surface area (TPSA) is 80.4 Å². The Morgan fingerprint density at radius 3 is 2.15 bits per heavy atom. The van der Waals surface area contributed by atoms with Crippen LogP contribution in [-0.2, 0) is 6.61 Å². The molecule has 3 rings (SSSR count). The number of benzene rings is 2. The summed E-state index contributed by atoms with van der Waals surface area (Å²) in [6.45, 7) is -0.291. The van der Waals surface area contributed by atoms with Gasteiger partial charge in [-0.3, -0.25) is 9.59 Å². The Kier molecular flexibility index (Phi) is 2.96. The Balaban J connectivity index is 2.39. The van der Waals surface area contributed by atoms with Gasteiger partial charge in [-0.15, -0.1) is 0 Å². The van der Waals surface area contributed by atoms with Gasteiger partial charge in [0.15, 0.2) is 11.6 Å². The van der Waals surface area contributed by atoms with Gasteiger partial charge in [-0.25, -0.2) is 0 Å². The minimum absolute atomic E-state index is 0.165. The SMILES string of the molecule is Nc1c(CO)cc(Br)c2c1C(=O)c1ccccc1C2=O. The van der Waals surface area contributed by atoms with Crippen LogP contribution in [0.1, 0.15) is 37.4 Å². The molecule has 20 heavy (non-hydrogen) atoms. The van der Waals surface area contributed by atoms with Crippen molar-refractivity contribution in [2.75, 3.05) is 5.73 Å². The maximum atomic E-state index is 12.6. The maximum Gasteiger partial charge on any atom is 0.196 e. The zero-order valence-corrected chi connectivity index (χ0v) is 11.9. The lowest BCUT2D eigenvalue weighted by atomic mass is 9.82. The van der Waals surface area contributed by atoms with Gasteiger partial charge in [0.2, 0.25) is 0 Å². The molecule has 0 bridgehead atoms. The second-order valence-electron chi connectivity index (χ2n) is 4.54. The second-order valence-corrected chi connectivity index (χ2v) is 5.40. The van der Waals surface area contributed by atoms with E-state index in [9.17, 15) is 14.7 Å². The van der Waals surface area contributed by atoms with Gasteiger partial charge in [-0.1, -0.05) is 24.3 Å². The third kappa shape index (κ3) is 1.63. The van der Waals surface area contributed by atoms with Gasteiger partial charge in [0.1, 0.15) is 0 Å². The van der Waals surface area contributed by atoms with Gasteiger partial charge in [-0.05, 0) is 22.0 Å². The highest BCUT2D eigenvalue weighted by Gasteiger charge is 2.33. The molecule has 1 aliphatic carbocycles. The van der Waals surface area contributed by atoms with Crippen LogP contribution in [0.25, 0.3) is 0 Å². The quantitative estimate of drug-likeness (QED) is 0.670. The summed E-state index contributed by atoms with van der Waals surface area (Å²) in [5.74, 6) is -0.526. The van der Waals surface area contributed by atoms with E-state index in [-0.39, 0.29) is 35.0 Å². The molecule has 0 unspecified atom stereocenters. The highest BCUT2D eigenvalue weighted by Crippen LogP contribution is 2.37. The van der Waals surface area contributed by atoms with E-state index in [1.165, 1.54) is 0 Å². The number of ketones is 2. The molecule has 0 radical (unpaired) electrons. The summed E-state index contributed by atoms with van der Waals surface area (Å²) in [5.41, 5.74) is 7.69. The lowest BCUT2D eigenvalue weighted by molar-refractivity contribution is 0.0979. The number of rotatable bonds is 1. The minimum atomic E-state index is -0.291. The monoisotopic (exact) mass is 331 g/mol. The van der Waals surface area contributed by atoms with Crippen LogP contribution < -0.4 is 5.73 Å². The number of anilines is 1. The fourth-order valence-corrected chi connectivity index (χ4v) is 3.11. The number of carbonyl (C=O) groups excluding carboxylic acids is 2. The van der Waals surface area contributed by atoms with Gasteiger partial charge in [0.25, 0.3) is 0 Å². The van der Waals surface area contributed by atoms with Crippen molar-refractivity contribution < 1.29 is 14.7 Å². The van der Waals surface area contributed by atoms with E-state index in [1.807, 2.05) is 0 Å². The molecule has 3 N–H and O–H groups in total.